The molecule has 0 saturated heterocycles. The highest BCUT2D eigenvalue weighted by Crippen LogP contribution is 2.14. The van der Waals surface area contributed by atoms with Crippen molar-refractivity contribution in [1.82, 2.24) is 9.36 Å². The van der Waals surface area contributed by atoms with Crippen LogP contribution in [0.2, 0.25) is 0 Å². The van der Waals surface area contributed by atoms with Crippen molar-refractivity contribution in [2.75, 3.05) is 0 Å². The van der Waals surface area contributed by atoms with E-state index in [1.807, 2.05) is 0 Å². The molecule has 0 aliphatic heterocycles. The molecule has 2 aromatic rings. The number of para-hydroxylation sites is 1. The Morgan fingerprint density at radius 1 is 1.22 bits per heavy atom. The van der Waals surface area contributed by atoms with Crippen LogP contribution in [0.5, 0.6) is 0 Å². The van der Waals surface area contributed by atoms with Crippen molar-refractivity contribution in [3.05, 3.63) is 34.6 Å². The smallest absolute Gasteiger partial charge is 0.434 e. The molecule has 0 radical (unpaired) electrons. The van der Waals surface area contributed by atoms with E-state index in [2.05, 4.69) is 0 Å². The summed E-state index contributed by atoms with van der Waals surface area (Å²) >= 11 is 0. The molecule has 0 spiro atoms. The summed E-state index contributed by atoms with van der Waals surface area (Å²) in [5, 5.41) is 0.505. The van der Waals surface area contributed by atoms with Crippen molar-refractivity contribution >= 4 is 17.0 Å². The zero-order valence-electron chi connectivity index (χ0n) is 10.9. The minimum Gasteiger partial charge on any atom is -0.442 e. The molecule has 0 fully saturated rings. The van der Waals surface area contributed by atoms with E-state index in [1.54, 1.807) is 52.1 Å². The summed E-state index contributed by atoms with van der Waals surface area (Å²) in [4.78, 5) is 24.0. The SMILES string of the molecule is Cn1c(=O)c2ccccc2n1C(=O)OC(C)(C)C. The van der Waals surface area contributed by atoms with E-state index in [-0.39, 0.29) is 5.56 Å². The number of carbonyl (C=O) groups is 1. The summed E-state index contributed by atoms with van der Waals surface area (Å²) in [7, 11) is 1.55. The molecule has 0 N–H and O–H groups in total. The first-order chi connectivity index (χ1) is 8.31. The van der Waals surface area contributed by atoms with Gasteiger partial charge in [0.05, 0.1) is 10.9 Å². The first kappa shape index (κ1) is 12.4. The van der Waals surface area contributed by atoms with Gasteiger partial charge in [-0.05, 0) is 32.9 Å². The predicted octanol–water partition coefficient (Wildman–Crippen LogP) is 2.12. The summed E-state index contributed by atoms with van der Waals surface area (Å²) in [5.41, 5.74) is -0.255. The largest absolute Gasteiger partial charge is 0.442 e. The van der Waals surface area contributed by atoms with Gasteiger partial charge in [0.25, 0.3) is 5.56 Å². The van der Waals surface area contributed by atoms with Crippen LogP contribution >= 0.6 is 0 Å². The Bertz CT molecular complexity index is 659. The van der Waals surface area contributed by atoms with Crippen LogP contribution in [0.1, 0.15) is 20.8 Å². The fraction of sp³-hybridized carbons (Fsp3) is 0.385. The Hall–Kier alpha value is -2.04. The quantitative estimate of drug-likeness (QED) is 0.717. The van der Waals surface area contributed by atoms with Crippen LogP contribution in [0.4, 0.5) is 4.79 Å². The van der Waals surface area contributed by atoms with Gasteiger partial charge in [0.1, 0.15) is 5.60 Å². The lowest BCUT2D eigenvalue weighted by Gasteiger charge is -2.20. The van der Waals surface area contributed by atoms with Crippen LogP contribution in [-0.4, -0.2) is 21.1 Å². The van der Waals surface area contributed by atoms with E-state index in [0.29, 0.717) is 10.9 Å². The molecule has 5 nitrogen and oxygen atoms in total. The molecule has 0 aliphatic carbocycles. The zero-order chi connectivity index (χ0) is 13.5. The molecule has 0 bridgehead atoms. The molecule has 2 rings (SSSR count). The average molecular weight is 248 g/mol. The third-order valence-electron chi connectivity index (χ3n) is 2.52. The van der Waals surface area contributed by atoms with E-state index in [4.69, 9.17) is 4.74 Å². The molecule has 0 unspecified atom stereocenters. The van der Waals surface area contributed by atoms with Crippen LogP contribution in [0.25, 0.3) is 10.9 Å². The lowest BCUT2D eigenvalue weighted by Crippen LogP contribution is -2.31. The van der Waals surface area contributed by atoms with Gasteiger partial charge in [-0.2, -0.15) is 4.68 Å². The molecule has 18 heavy (non-hydrogen) atoms. The molecule has 0 atom stereocenters. The van der Waals surface area contributed by atoms with E-state index < -0.39 is 11.7 Å². The maximum absolute atomic E-state index is 12.1. The molecule has 0 saturated carbocycles. The summed E-state index contributed by atoms with van der Waals surface area (Å²) in [6.45, 7) is 5.36. The second kappa shape index (κ2) is 4.01. The van der Waals surface area contributed by atoms with Gasteiger partial charge in [-0.25, -0.2) is 9.48 Å². The molecule has 1 aromatic carbocycles. The summed E-state index contributed by atoms with van der Waals surface area (Å²) in [6, 6.07) is 6.96. The maximum Gasteiger partial charge on any atom is 0.434 e. The van der Waals surface area contributed by atoms with Crippen LogP contribution in [0.3, 0.4) is 0 Å². The number of benzene rings is 1. The van der Waals surface area contributed by atoms with Crippen molar-refractivity contribution in [1.29, 1.82) is 0 Å². The van der Waals surface area contributed by atoms with Crippen molar-refractivity contribution in [2.45, 2.75) is 26.4 Å². The molecule has 1 heterocycles. The topological polar surface area (TPSA) is 53.2 Å². The van der Waals surface area contributed by atoms with Gasteiger partial charge < -0.3 is 4.74 Å². The van der Waals surface area contributed by atoms with Gasteiger partial charge in [-0.1, -0.05) is 12.1 Å². The Morgan fingerprint density at radius 3 is 2.44 bits per heavy atom. The van der Waals surface area contributed by atoms with E-state index in [9.17, 15) is 9.59 Å². The maximum atomic E-state index is 12.1. The molecule has 0 aliphatic rings. The monoisotopic (exact) mass is 248 g/mol. The zero-order valence-corrected chi connectivity index (χ0v) is 10.9. The minimum absolute atomic E-state index is 0.212. The Balaban J connectivity index is 2.61. The number of aromatic nitrogens is 2. The first-order valence-corrected chi connectivity index (χ1v) is 5.71. The predicted molar refractivity (Wildman–Crippen MR) is 68.8 cm³/mol. The van der Waals surface area contributed by atoms with Crippen molar-refractivity contribution in [2.24, 2.45) is 7.05 Å². The number of fused-ring (bicyclic) bond motifs is 1. The van der Waals surface area contributed by atoms with Crippen molar-refractivity contribution in [3.8, 4) is 0 Å². The molecule has 5 heteroatoms. The normalized spacial score (nSPS) is 11.8. The third-order valence-corrected chi connectivity index (χ3v) is 2.52. The fourth-order valence-electron chi connectivity index (χ4n) is 1.79. The Labute approximate surface area is 105 Å². The van der Waals surface area contributed by atoms with Gasteiger partial charge in [0.2, 0.25) is 0 Å². The number of carbonyl (C=O) groups excluding carboxylic acids is 1. The average Bonchev–Trinajstić information content (AvgIpc) is 2.50. The molecule has 1 aromatic heterocycles. The number of nitrogens with zero attached hydrogens (tertiary/aromatic N) is 2. The van der Waals surface area contributed by atoms with Crippen LogP contribution in [-0.2, 0) is 11.8 Å². The van der Waals surface area contributed by atoms with E-state index in [1.165, 1.54) is 9.36 Å². The third kappa shape index (κ3) is 2.03. The number of hydrogen-bond acceptors (Lipinski definition) is 3. The summed E-state index contributed by atoms with van der Waals surface area (Å²) in [6.07, 6.45) is -0.553. The van der Waals surface area contributed by atoms with Crippen LogP contribution in [0.15, 0.2) is 29.1 Å². The molecule has 0 amide bonds. The minimum atomic E-state index is -0.599. The highest BCUT2D eigenvalue weighted by molar-refractivity contribution is 5.87. The number of ether oxygens (including phenoxy) is 1. The lowest BCUT2D eigenvalue weighted by atomic mass is 10.2. The highest BCUT2D eigenvalue weighted by atomic mass is 16.6. The summed E-state index contributed by atoms with van der Waals surface area (Å²) in [5.74, 6) is 0. The Kier molecular flexibility index (Phi) is 2.77. The van der Waals surface area contributed by atoms with Gasteiger partial charge >= 0.3 is 6.09 Å². The Morgan fingerprint density at radius 2 is 1.83 bits per heavy atom. The second-order valence-corrected chi connectivity index (χ2v) is 5.14. The first-order valence-electron chi connectivity index (χ1n) is 5.71. The standard InChI is InChI=1S/C13H16N2O3/c1-13(2,3)18-12(17)15-10-8-6-5-7-9(10)11(16)14(15)4/h5-8H,1-4H3. The number of rotatable bonds is 0. The van der Waals surface area contributed by atoms with Gasteiger partial charge in [0.15, 0.2) is 0 Å². The second-order valence-electron chi connectivity index (χ2n) is 5.14. The highest BCUT2D eigenvalue weighted by Gasteiger charge is 2.22. The lowest BCUT2D eigenvalue weighted by molar-refractivity contribution is 0.0503. The fourth-order valence-corrected chi connectivity index (χ4v) is 1.79. The number of hydrogen-bond donors (Lipinski definition) is 0. The molecular weight excluding hydrogens is 232 g/mol. The molecule has 96 valence electrons. The van der Waals surface area contributed by atoms with Crippen molar-refractivity contribution in [3.63, 3.8) is 0 Å². The van der Waals surface area contributed by atoms with Gasteiger partial charge in [-0.15, -0.1) is 0 Å². The van der Waals surface area contributed by atoms with Gasteiger partial charge in [-0.3, -0.25) is 4.79 Å². The summed E-state index contributed by atoms with van der Waals surface area (Å²) < 4.78 is 7.81. The van der Waals surface area contributed by atoms with Crippen LogP contribution in [0, 0.1) is 0 Å². The van der Waals surface area contributed by atoms with E-state index >= 15 is 0 Å². The van der Waals surface area contributed by atoms with Crippen LogP contribution < -0.4 is 5.56 Å². The molecular formula is C13H16N2O3. The van der Waals surface area contributed by atoms with Gasteiger partial charge in [0, 0.05) is 7.05 Å². The van der Waals surface area contributed by atoms with Crippen molar-refractivity contribution < 1.29 is 9.53 Å². The van der Waals surface area contributed by atoms with E-state index in [0.717, 1.165) is 0 Å².